The highest BCUT2D eigenvalue weighted by atomic mass is 16.3. The maximum absolute atomic E-state index is 13.1. The third-order valence-corrected chi connectivity index (χ3v) is 6.71. The summed E-state index contributed by atoms with van der Waals surface area (Å²) < 4.78 is 2.01. The van der Waals surface area contributed by atoms with E-state index in [0.717, 1.165) is 56.0 Å². The molecular weight excluding hydrogens is 408 g/mol. The molecular formula is C24H30N4O4. The van der Waals surface area contributed by atoms with Gasteiger partial charge in [0.25, 0.3) is 12.0 Å². The van der Waals surface area contributed by atoms with E-state index in [1.807, 2.05) is 27.7 Å². The van der Waals surface area contributed by atoms with E-state index in [2.05, 4.69) is 16.0 Å². The largest absolute Gasteiger partial charge is 0.483 e. The first-order valence-corrected chi connectivity index (χ1v) is 11.3. The average Bonchev–Trinajstić information content (AvgIpc) is 3.30. The summed E-state index contributed by atoms with van der Waals surface area (Å²) in [6.07, 6.45) is 7.43. The van der Waals surface area contributed by atoms with Gasteiger partial charge in [0.15, 0.2) is 0 Å². The first kappa shape index (κ1) is 22.2. The molecule has 8 heteroatoms. The predicted molar refractivity (Wildman–Crippen MR) is 119 cm³/mol. The second kappa shape index (κ2) is 10.1. The maximum Gasteiger partial charge on any atom is 0.290 e. The number of nitrogens with zero attached hydrogens (tertiary/aromatic N) is 4. The normalized spacial score (nSPS) is 21.9. The Hall–Kier alpha value is -3.00. The maximum atomic E-state index is 13.1. The summed E-state index contributed by atoms with van der Waals surface area (Å²) in [5.74, 6) is 0.780. The zero-order valence-corrected chi connectivity index (χ0v) is 18.2. The van der Waals surface area contributed by atoms with Crippen LogP contribution in [0, 0.1) is 5.92 Å². The molecule has 5 heterocycles. The van der Waals surface area contributed by atoms with Crippen LogP contribution in [0.1, 0.15) is 42.0 Å². The smallest absolute Gasteiger partial charge is 0.290 e. The van der Waals surface area contributed by atoms with Crippen molar-refractivity contribution >= 4 is 12.4 Å². The van der Waals surface area contributed by atoms with Gasteiger partial charge in [0.05, 0.1) is 6.42 Å². The van der Waals surface area contributed by atoms with Gasteiger partial charge in [-0.25, -0.2) is 0 Å². The van der Waals surface area contributed by atoms with Gasteiger partial charge in [-0.3, -0.25) is 24.3 Å². The Bertz CT molecular complexity index is 1000. The molecule has 2 aromatic rings. The van der Waals surface area contributed by atoms with Gasteiger partial charge in [-0.2, -0.15) is 0 Å². The Kier molecular flexibility index (Phi) is 6.99. The molecule has 1 N–H and O–H groups in total. The Morgan fingerprint density at radius 2 is 1.94 bits per heavy atom. The van der Waals surface area contributed by atoms with Crippen molar-refractivity contribution in [2.45, 2.75) is 44.7 Å². The number of amides is 1. The molecule has 8 nitrogen and oxygen atoms in total. The Morgan fingerprint density at radius 1 is 1.16 bits per heavy atom. The number of aromatic nitrogens is 2. The van der Waals surface area contributed by atoms with Crippen molar-refractivity contribution in [1.29, 1.82) is 0 Å². The van der Waals surface area contributed by atoms with E-state index >= 15 is 0 Å². The van der Waals surface area contributed by atoms with Gasteiger partial charge in [0, 0.05) is 55.7 Å². The lowest BCUT2D eigenvalue weighted by Gasteiger charge is -2.43. The van der Waals surface area contributed by atoms with Gasteiger partial charge in [-0.05, 0) is 56.0 Å². The summed E-state index contributed by atoms with van der Waals surface area (Å²) in [6, 6.07) is 7.99. The Balaban J connectivity index is 0.000000775. The standard InChI is InChI=1S/C23H28N4O2.CH2O2/c28-22(11-17-4-3-7-24-12-17)26-13-18-10-20(16-26)21-6-5-19(23(29)27(21)14-18)15-25-8-1-2-9-25;2-1-3/h3-7,12,18,20H,1-2,8-11,13-16H2;1H,(H,2,3)/t18-,20+;/m0./s1. The summed E-state index contributed by atoms with van der Waals surface area (Å²) >= 11 is 0. The highest BCUT2D eigenvalue weighted by molar-refractivity contribution is 5.79. The quantitative estimate of drug-likeness (QED) is 0.731. The first-order valence-electron chi connectivity index (χ1n) is 11.3. The van der Waals surface area contributed by atoms with E-state index in [1.165, 1.54) is 12.8 Å². The molecule has 1 amide bonds. The zero-order valence-electron chi connectivity index (χ0n) is 18.2. The van der Waals surface area contributed by atoms with Gasteiger partial charge in [0.1, 0.15) is 0 Å². The van der Waals surface area contributed by atoms with Crippen LogP contribution in [-0.2, 0) is 29.1 Å². The third kappa shape index (κ3) is 4.91. The molecule has 0 saturated carbocycles. The van der Waals surface area contributed by atoms with Crippen molar-refractivity contribution in [3.05, 3.63) is 63.8 Å². The lowest BCUT2D eigenvalue weighted by molar-refractivity contribution is -0.133. The fourth-order valence-electron chi connectivity index (χ4n) is 5.29. The fourth-order valence-corrected chi connectivity index (χ4v) is 5.29. The highest BCUT2D eigenvalue weighted by Crippen LogP contribution is 2.35. The molecule has 2 atom stereocenters. The molecule has 0 unspecified atom stereocenters. The van der Waals surface area contributed by atoms with Crippen LogP contribution in [0.5, 0.6) is 0 Å². The van der Waals surface area contributed by atoms with Gasteiger partial charge in [0.2, 0.25) is 5.91 Å². The van der Waals surface area contributed by atoms with Crippen LogP contribution in [0.3, 0.4) is 0 Å². The SMILES string of the molecule is O=C(Cc1cccnc1)N1C[C@@H]2C[C@H](C1)c1ccc(CN3CCCC3)c(=O)n1C2.O=CO. The number of piperidine rings is 1. The van der Waals surface area contributed by atoms with E-state index in [-0.39, 0.29) is 23.9 Å². The molecule has 2 bridgehead atoms. The topological polar surface area (TPSA) is 95.7 Å². The summed E-state index contributed by atoms with van der Waals surface area (Å²) in [4.78, 5) is 42.8. The number of carbonyl (C=O) groups excluding carboxylic acids is 1. The molecule has 3 aliphatic heterocycles. The van der Waals surface area contributed by atoms with Crippen LogP contribution in [-0.4, -0.2) is 63.0 Å². The summed E-state index contributed by atoms with van der Waals surface area (Å²) in [5.41, 5.74) is 3.16. The molecule has 32 heavy (non-hydrogen) atoms. The number of likely N-dealkylation sites (tertiary alicyclic amines) is 2. The number of pyridine rings is 2. The van der Waals surface area contributed by atoms with Gasteiger partial charge >= 0.3 is 0 Å². The molecule has 0 aliphatic carbocycles. The summed E-state index contributed by atoms with van der Waals surface area (Å²) in [5, 5.41) is 6.89. The minimum atomic E-state index is -0.250. The van der Waals surface area contributed by atoms with E-state index in [9.17, 15) is 9.59 Å². The first-order chi connectivity index (χ1) is 15.6. The van der Waals surface area contributed by atoms with Crippen molar-refractivity contribution in [2.75, 3.05) is 26.2 Å². The number of rotatable bonds is 4. The molecule has 0 spiro atoms. The summed E-state index contributed by atoms with van der Waals surface area (Å²) in [7, 11) is 0. The Morgan fingerprint density at radius 3 is 2.66 bits per heavy atom. The average molecular weight is 439 g/mol. The van der Waals surface area contributed by atoms with Crippen molar-refractivity contribution in [3.8, 4) is 0 Å². The minimum Gasteiger partial charge on any atom is -0.483 e. The van der Waals surface area contributed by atoms with Crippen molar-refractivity contribution in [3.63, 3.8) is 0 Å². The van der Waals surface area contributed by atoms with Crippen LogP contribution in [0.2, 0.25) is 0 Å². The monoisotopic (exact) mass is 438 g/mol. The molecule has 2 fully saturated rings. The van der Waals surface area contributed by atoms with Gasteiger partial charge < -0.3 is 14.6 Å². The van der Waals surface area contributed by atoms with Gasteiger partial charge in [-0.15, -0.1) is 0 Å². The highest BCUT2D eigenvalue weighted by Gasteiger charge is 2.36. The second-order valence-electron chi connectivity index (χ2n) is 8.92. The van der Waals surface area contributed by atoms with Gasteiger partial charge in [-0.1, -0.05) is 12.1 Å². The second-order valence-corrected chi connectivity index (χ2v) is 8.92. The molecule has 0 radical (unpaired) electrons. The molecule has 5 rings (SSSR count). The zero-order chi connectivity index (χ0) is 22.5. The summed E-state index contributed by atoms with van der Waals surface area (Å²) in [6.45, 7) is 4.90. The lowest BCUT2D eigenvalue weighted by atomic mass is 9.82. The van der Waals surface area contributed by atoms with E-state index in [4.69, 9.17) is 9.90 Å². The number of carboxylic acid groups (broad SMARTS) is 1. The van der Waals surface area contributed by atoms with E-state index in [0.29, 0.717) is 18.9 Å². The van der Waals surface area contributed by atoms with Crippen LogP contribution < -0.4 is 5.56 Å². The number of hydrogen-bond acceptors (Lipinski definition) is 5. The van der Waals surface area contributed by atoms with Crippen LogP contribution in [0.4, 0.5) is 0 Å². The van der Waals surface area contributed by atoms with Crippen LogP contribution in [0.15, 0.2) is 41.5 Å². The minimum absolute atomic E-state index is 0.161. The predicted octanol–water partition coefficient (Wildman–Crippen LogP) is 1.73. The molecule has 0 aromatic carbocycles. The molecule has 2 aromatic heterocycles. The van der Waals surface area contributed by atoms with Crippen LogP contribution in [0.25, 0.3) is 0 Å². The number of hydrogen-bond donors (Lipinski definition) is 1. The molecule has 2 saturated heterocycles. The van der Waals surface area contributed by atoms with Crippen molar-refractivity contribution in [1.82, 2.24) is 19.4 Å². The van der Waals surface area contributed by atoms with Crippen molar-refractivity contribution in [2.24, 2.45) is 5.92 Å². The van der Waals surface area contributed by atoms with Crippen LogP contribution >= 0.6 is 0 Å². The Labute approximate surface area is 187 Å². The lowest BCUT2D eigenvalue weighted by Crippen LogP contribution is -2.50. The number of fused-ring (bicyclic) bond motifs is 4. The van der Waals surface area contributed by atoms with E-state index < -0.39 is 0 Å². The molecule has 3 aliphatic rings. The number of carbonyl (C=O) groups is 2. The molecule has 170 valence electrons. The van der Waals surface area contributed by atoms with E-state index in [1.54, 1.807) is 12.4 Å². The third-order valence-electron chi connectivity index (χ3n) is 6.71. The fraction of sp³-hybridized carbons (Fsp3) is 0.500. The van der Waals surface area contributed by atoms with Crippen molar-refractivity contribution < 1.29 is 14.7 Å².